The number of nitrogens with one attached hydrogen (secondary N) is 1. The normalized spacial score (nSPS) is 15.1. The number of nitrogens with zero attached hydrogens (tertiary/aromatic N) is 3. The first-order valence-corrected chi connectivity index (χ1v) is 11.8. The van der Waals surface area contributed by atoms with Crippen LogP contribution in [0.3, 0.4) is 0 Å². The van der Waals surface area contributed by atoms with Crippen LogP contribution >= 0.6 is 0 Å². The standard InChI is InChI=1S/C20H34N4O4S/c1-4-22(5-2)15-16-24(17-20(25)23-13-11-21-12-14-23)29(26,27)19-9-7-18(8-10-19)28-6-3/h7-10,21H,4-6,11-17H2,1-3H3. The Morgan fingerprint density at radius 1 is 1.07 bits per heavy atom. The zero-order valence-corrected chi connectivity index (χ0v) is 18.6. The summed E-state index contributed by atoms with van der Waals surface area (Å²) in [4.78, 5) is 16.8. The number of hydrogen-bond acceptors (Lipinski definition) is 6. The Labute approximate surface area is 174 Å². The lowest BCUT2D eigenvalue weighted by Crippen LogP contribution is -2.51. The van der Waals surface area contributed by atoms with E-state index < -0.39 is 10.0 Å². The first kappa shape index (κ1) is 23.6. The van der Waals surface area contributed by atoms with E-state index in [-0.39, 0.29) is 23.9 Å². The molecule has 0 aliphatic carbocycles. The second-order valence-electron chi connectivity index (χ2n) is 6.90. The van der Waals surface area contributed by atoms with E-state index in [0.717, 1.165) is 26.2 Å². The topological polar surface area (TPSA) is 82.2 Å². The highest BCUT2D eigenvalue weighted by molar-refractivity contribution is 7.89. The molecule has 0 bridgehead atoms. The molecule has 1 aromatic carbocycles. The summed E-state index contributed by atoms with van der Waals surface area (Å²) < 4.78 is 33.3. The van der Waals surface area contributed by atoms with Crippen LogP contribution in [-0.2, 0) is 14.8 Å². The second-order valence-corrected chi connectivity index (χ2v) is 8.84. The van der Waals surface area contributed by atoms with Crippen molar-refractivity contribution < 1.29 is 17.9 Å². The molecule has 9 heteroatoms. The van der Waals surface area contributed by atoms with E-state index in [9.17, 15) is 13.2 Å². The molecule has 8 nitrogen and oxygen atoms in total. The summed E-state index contributed by atoms with van der Waals surface area (Å²) in [5.41, 5.74) is 0. The van der Waals surface area contributed by atoms with Gasteiger partial charge in [0.05, 0.1) is 18.0 Å². The van der Waals surface area contributed by atoms with Crippen LogP contribution in [0.5, 0.6) is 5.75 Å². The second kappa shape index (κ2) is 11.5. The van der Waals surface area contributed by atoms with Crippen molar-refractivity contribution in [3.05, 3.63) is 24.3 Å². The van der Waals surface area contributed by atoms with E-state index in [4.69, 9.17) is 4.74 Å². The Morgan fingerprint density at radius 3 is 2.24 bits per heavy atom. The van der Waals surface area contributed by atoms with Crippen molar-refractivity contribution >= 4 is 15.9 Å². The third-order valence-electron chi connectivity index (χ3n) is 5.11. The molecular weight excluding hydrogens is 392 g/mol. The molecule has 1 heterocycles. The summed E-state index contributed by atoms with van der Waals surface area (Å²) in [6.07, 6.45) is 0. The molecule has 0 unspecified atom stereocenters. The maximum absolute atomic E-state index is 13.3. The van der Waals surface area contributed by atoms with E-state index in [1.54, 1.807) is 29.2 Å². The average Bonchev–Trinajstić information content (AvgIpc) is 2.74. The summed E-state index contributed by atoms with van der Waals surface area (Å²) in [7, 11) is -3.79. The van der Waals surface area contributed by atoms with Crippen LogP contribution in [0.2, 0.25) is 0 Å². The lowest BCUT2D eigenvalue weighted by molar-refractivity contribution is -0.132. The fourth-order valence-electron chi connectivity index (χ4n) is 3.27. The quantitative estimate of drug-likeness (QED) is 0.565. The summed E-state index contributed by atoms with van der Waals surface area (Å²) in [6, 6.07) is 6.38. The van der Waals surface area contributed by atoms with Gasteiger partial charge < -0.3 is 19.9 Å². The Kier molecular flexibility index (Phi) is 9.35. The third-order valence-corrected chi connectivity index (χ3v) is 6.97. The Bertz CT molecular complexity index is 729. The molecule has 2 rings (SSSR count). The molecule has 1 aliphatic heterocycles. The zero-order valence-electron chi connectivity index (χ0n) is 17.8. The van der Waals surface area contributed by atoms with Crippen molar-refractivity contribution in [3.63, 3.8) is 0 Å². The molecule has 0 aromatic heterocycles. The highest BCUT2D eigenvalue weighted by Crippen LogP contribution is 2.20. The molecule has 1 aromatic rings. The van der Waals surface area contributed by atoms with Gasteiger partial charge in [-0.2, -0.15) is 4.31 Å². The zero-order chi connectivity index (χ0) is 21.3. The first-order chi connectivity index (χ1) is 13.9. The average molecular weight is 427 g/mol. The number of piperazine rings is 1. The minimum absolute atomic E-state index is 0.142. The Morgan fingerprint density at radius 2 is 1.69 bits per heavy atom. The van der Waals surface area contributed by atoms with Crippen LogP contribution in [0.25, 0.3) is 0 Å². The summed E-state index contributed by atoms with van der Waals surface area (Å²) in [6.45, 7) is 11.5. The third kappa shape index (κ3) is 6.67. The Balaban J connectivity index is 2.19. The number of carbonyl (C=O) groups is 1. The van der Waals surface area contributed by atoms with Crippen LogP contribution in [0.15, 0.2) is 29.2 Å². The molecule has 0 atom stereocenters. The highest BCUT2D eigenvalue weighted by Gasteiger charge is 2.29. The fourth-order valence-corrected chi connectivity index (χ4v) is 4.65. The van der Waals surface area contributed by atoms with Gasteiger partial charge in [0.15, 0.2) is 0 Å². The molecule has 0 spiro atoms. The highest BCUT2D eigenvalue weighted by atomic mass is 32.2. The molecular formula is C20H34N4O4S. The van der Waals surface area contributed by atoms with Crippen molar-refractivity contribution in [3.8, 4) is 5.75 Å². The molecule has 0 saturated carbocycles. The summed E-state index contributed by atoms with van der Waals surface area (Å²) >= 11 is 0. The fraction of sp³-hybridized carbons (Fsp3) is 0.650. The van der Waals surface area contributed by atoms with Gasteiger partial charge in [-0.1, -0.05) is 13.8 Å². The molecule has 1 amide bonds. The monoisotopic (exact) mass is 426 g/mol. The van der Waals surface area contributed by atoms with Crippen molar-refractivity contribution in [2.24, 2.45) is 0 Å². The molecule has 1 fully saturated rings. The van der Waals surface area contributed by atoms with Crippen LogP contribution < -0.4 is 10.1 Å². The molecule has 1 saturated heterocycles. The van der Waals surface area contributed by atoms with Gasteiger partial charge in [-0.25, -0.2) is 8.42 Å². The van der Waals surface area contributed by atoms with Crippen molar-refractivity contribution in [2.45, 2.75) is 25.7 Å². The molecule has 1 N–H and O–H groups in total. The van der Waals surface area contributed by atoms with E-state index >= 15 is 0 Å². The summed E-state index contributed by atoms with van der Waals surface area (Å²) in [5.74, 6) is 0.471. The lowest BCUT2D eigenvalue weighted by Gasteiger charge is -2.31. The minimum atomic E-state index is -3.79. The van der Waals surface area contributed by atoms with Gasteiger partial charge in [-0.05, 0) is 44.3 Å². The van der Waals surface area contributed by atoms with E-state index in [1.807, 2.05) is 20.8 Å². The van der Waals surface area contributed by atoms with Crippen molar-refractivity contribution in [2.75, 3.05) is 65.5 Å². The minimum Gasteiger partial charge on any atom is -0.494 e. The van der Waals surface area contributed by atoms with Crippen molar-refractivity contribution in [1.82, 2.24) is 19.4 Å². The van der Waals surface area contributed by atoms with Gasteiger partial charge in [0.2, 0.25) is 15.9 Å². The summed E-state index contributed by atoms with van der Waals surface area (Å²) in [5, 5.41) is 3.21. The number of benzene rings is 1. The van der Waals surface area contributed by atoms with Gasteiger partial charge in [0, 0.05) is 39.3 Å². The van der Waals surface area contributed by atoms with Gasteiger partial charge in [-0.15, -0.1) is 0 Å². The van der Waals surface area contributed by atoms with E-state index in [0.29, 0.717) is 32.0 Å². The molecule has 0 radical (unpaired) electrons. The molecule has 164 valence electrons. The predicted molar refractivity (Wildman–Crippen MR) is 114 cm³/mol. The van der Waals surface area contributed by atoms with Crippen LogP contribution in [0.4, 0.5) is 0 Å². The number of ether oxygens (including phenoxy) is 1. The van der Waals surface area contributed by atoms with E-state index in [1.165, 1.54) is 4.31 Å². The van der Waals surface area contributed by atoms with Crippen LogP contribution in [0, 0.1) is 0 Å². The smallest absolute Gasteiger partial charge is 0.243 e. The first-order valence-electron chi connectivity index (χ1n) is 10.4. The molecule has 1 aliphatic rings. The van der Waals surface area contributed by atoms with Gasteiger partial charge in [0.25, 0.3) is 0 Å². The van der Waals surface area contributed by atoms with Gasteiger partial charge >= 0.3 is 0 Å². The van der Waals surface area contributed by atoms with Crippen LogP contribution in [0.1, 0.15) is 20.8 Å². The van der Waals surface area contributed by atoms with Crippen molar-refractivity contribution in [1.29, 1.82) is 0 Å². The maximum atomic E-state index is 13.3. The molecule has 29 heavy (non-hydrogen) atoms. The van der Waals surface area contributed by atoms with Gasteiger partial charge in [0.1, 0.15) is 5.75 Å². The number of amides is 1. The van der Waals surface area contributed by atoms with E-state index in [2.05, 4.69) is 10.2 Å². The SMILES string of the molecule is CCOc1ccc(S(=O)(=O)N(CCN(CC)CC)CC(=O)N2CCNCC2)cc1. The number of likely N-dealkylation sites (N-methyl/N-ethyl adjacent to an activating group) is 1. The lowest BCUT2D eigenvalue weighted by atomic mass is 10.3. The van der Waals surface area contributed by atoms with Gasteiger partial charge in [-0.3, -0.25) is 4.79 Å². The Hall–Kier alpha value is -1.68. The number of rotatable bonds is 11. The number of hydrogen-bond donors (Lipinski definition) is 1. The largest absolute Gasteiger partial charge is 0.494 e. The van der Waals surface area contributed by atoms with Crippen LogP contribution in [-0.4, -0.2) is 93.9 Å². The maximum Gasteiger partial charge on any atom is 0.243 e. The predicted octanol–water partition coefficient (Wildman–Crippen LogP) is 0.850. The number of carbonyl (C=O) groups excluding carboxylic acids is 1. The number of sulfonamides is 1.